The molecule has 1 amide bonds. The zero-order chi connectivity index (χ0) is 26.9. The summed E-state index contributed by atoms with van der Waals surface area (Å²) in [5.74, 6) is -0.733. The molecule has 0 saturated carbocycles. The SMILES string of the molecule is COc1ccc(Cl)c(NC(=O)c2cc3ccccc3c(N=Nc3c(C)ccc(Cl)c3S(=O)(=O)O)c2O)c1. The molecule has 0 heterocycles. The molecule has 0 spiro atoms. The number of rotatable bonds is 6. The van der Waals surface area contributed by atoms with E-state index < -0.39 is 26.7 Å². The normalized spacial score (nSPS) is 11.7. The van der Waals surface area contributed by atoms with Crippen molar-refractivity contribution in [3.8, 4) is 11.5 Å². The number of azo groups is 1. The zero-order valence-corrected chi connectivity index (χ0v) is 21.7. The Morgan fingerprint density at radius 1 is 0.973 bits per heavy atom. The molecule has 4 aromatic carbocycles. The molecule has 3 N–H and O–H groups in total. The number of halogens is 2. The van der Waals surface area contributed by atoms with E-state index in [1.54, 1.807) is 43.3 Å². The van der Waals surface area contributed by atoms with Gasteiger partial charge in [-0.2, -0.15) is 8.42 Å². The molecule has 0 atom stereocenters. The van der Waals surface area contributed by atoms with Gasteiger partial charge in [0, 0.05) is 11.5 Å². The molecule has 0 bridgehead atoms. The lowest BCUT2D eigenvalue weighted by Crippen LogP contribution is -2.12. The fourth-order valence-electron chi connectivity index (χ4n) is 3.62. The number of methoxy groups -OCH3 is 1. The molecule has 9 nitrogen and oxygen atoms in total. The number of aromatic hydroxyl groups is 1. The fourth-order valence-corrected chi connectivity index (χ4v) is 4.99. The summed E-state index contributed by atoms with van der Waals surface area (Å²) in [7, 11) is -3.28. The van der Waals surface area contributed by atoms with Crippen LogP contribution in [-0.2, 0) is 10.1 Å². The Bertz CT molecular complexity index is 1690. The third-order valence-corrected chi connectivity index (χ3v) is 7.14. The number of fused-ring (bicyclic) bond motifs is 1. The highest BCUT2D eigenvalue weighted by Gasteiger charge is 2.23. The van der Waals surface area contributed by atoms with Gasteiger partial charge in [0.15, 0.2) is 5.75 Å². The van der Waals surface area contributed by atoms with E-state index in [1.807, 2.05) is 0 Å². The number of amides is 1. The lowest BCUT2D eigenvalue weighted by atomic mass is 10.0. The van der Waals surface area contributed by atoms with Crippen LogP contribution in [0.15, 0.2) is 75.8 Å². The maximum absolute atomic E-state index is 13.2. The first kappa shape index (κ1) is 26.4. The van der Waals surface area contributed by atoms with Crippen molar-refractivity contribution in [2.45, 2.75) is 11.8 Å². The molecular weight excluding hydrogens is 541 g/mol. The highest BCUT2D eigenvalue weighted by Crippen LogP contribution is 2.42. The van der Waals surface area contributed by atoms with Crippen LogP contribution in [0.5, 0.6) is 11.5 Å². The smallest absolute Gasteiger partial charge is 0.298 e. The van der Waals surface area contributed by atoms with Gasteiger partial charge in [0.1, 0.15) is 22.0 Å². The van der Waals surface area contributed by atoms with E-state index in [2.05, 4.69) is 15.5 Å². The summed E-state index contributed by atoms with van der Waals surface area (Å²) in [6.45, 7) is 1.55. The number of phenolic OH excluding ortho intramolecular Hbond substituents is 1. The van der Waals surface area contributed by atoms with E-state index in [0.717, 1.165) is 0 Å². The molecule has 37 heavy (non-hydrogen) atoms. The van der Waals surface area contributed by atoms with Crippen molar-refractivity contribution in [3.05, 3.63) is 81.8 Å². The van der Waals surface area contributed by atoms with Gasteiger partial charge in [-0.15, -0.1) is 10.2 Å². The van der Waals surface area contributed by atoms with Gasteiger partial charge in [-0.25, -0.2) is 0 Å². The van der Waals surface area contributed by atoms with Gasteiger partial charge in [0.25, 0.3) is 16.0 Å². The molecule has 0 aliphatic rings. The van der Waals surface area contributed by atoms with Crippen molar-refractivity contribution < 1.29 is 27.6 Å². The molecular formula is C25H19Cl2N3O6S. The van der Waals surface area contributed by atoms with E-state index in [1.165, 1.54) is 31.4 Å². The molecule has 0 saturated heterocycles. The van der Waals surface area contributed by atoms with Gasteiger partial charge in [-0.1, -0.05) is 53.5 Å². The molecule has 0 aromatic heterocycles. The van der Waals surface area contributed by atoms with Crippen molar-refractivity contribution in [3.63, 3.8) is 0 Å². The van der Waals surface area contributed by atoms with Crippen molar-refractivity contribution in [1.29, 1.82) is 0 Å². The summed E-state index contributed by atoms with van der Waals surface area (Å²) in [6, 6.07) is 15.8. The standard InChI is InChI=1S/C25H19Cl2N3O6S/c1-13-7-9-19(27)24(37(33,34)35)21(13)29-30-22-16-6-4-3-5-14(16)11-17(23(22)31)25(32)28-20-12-15(36-2)8-10-18(20)26/h3-12,31H,1-2H3,(H,28,32)(H,33,34,35). The Morgan fingerprint density at radius 3 is 2.35 bits per heavy atom. The number of hydrogen-bond donors (Lipinski definition) is 3. The van der Waals surface area contributed by atoms with Gasteiger partial charge < -0.3 is 15.2 Å². The summed E-state index contributed by atoms with van der Waals surface area (Å²) in [4.78, 5) is 12.5. The summed E-state index contributed by atoms with van der Waals surface area (Å²) in [5, 5.41) is 22.8. The Morgan fingerprint density at radius 2 is 1.65 bits per heavy atom. The lowest BCUT2D eigenvalue weighted by molar-refractivity contribution is 0.102. The van der Waals surface area contributed by atoms with E-state index >= 15 is 0 Å². The molecule has 0 aliphatic heterocycles. The number of benzene rings is 4. The third kappa shape index (κ3) is 5.37. The average Bonchev–Trinajstić information content (AvgIpc) is 2.85. The van der Waals surface area contributed by atoms with Crippen LogP contribution >= 0.6 is 23.2 Å². The quantitative estimate of drug-likeness (QED) is 0.170. The number of carbonyl (C=O) groups is 1. The largest absolute Gasteiger partial charge is 0.505 e. The maximum Gasteiger partial charge on any atom is 0.298 e. The van der Waals surface area contributed by atoms with Crippen LogP contribution in [-0.4, -0.2) is 31.1 Å². The van der Waals surface area contributed by atoms with E-state index in [-0.39, 0.29) is 32.7 Å². The minimum Gasteiger partial charge on any atom is -0.505 e. The van der Waals surface area contributed by atoms with Crippen molar-refractivity contribution >= 4 is 67.1 Å². The number of nitrogens with one attached hydrogen (secondary N) is 1. The van der Waals surface area contributed by atoms with Gasteiger partial charge in [0.2, 0.25) is 0 Å². The molecule has 0 fully saturated rings. The van der Waals surface area contributed by atoms with E-state index in [9.17, 15) is 22.9 Å². The topological polar surface area (TPSA) is 138 Å². The molecule has 190 valence electrons. The summed E-state index contributed by atoms with van der Waals surface area (Å²) in [6.07, 6.45) is 0. The highest BCUT2D eigenvalue weighted by molar-refractivity contribution is 7.86. The van der Waals surface area contributed by atoms with Gasteiger partial charge in [-0.3, -0.25) is 9.35 Å². The van der Waals surface area contributed by atoms with Gasteiger partial charge in [-0.05, 0) is 42.1 Å². The average molecular weight is 560 g/mol. The first-order valence-electron chi connectivity index (χ1n) is 10.6. The number of hydrogen-bond acceptors (Lipinski definition) is 7. The van der Waals surface area contributed by atoms with Crippen LogP contribution in [0.4, 0.5) is 17.1 Å². The van der Waals surface area contributed by atoms with Crippen LogP contribution in [0.2, 0.25) is 10.0 Å². The van der Waals surface area contributed by atoms with Crippen LogP contribution in [0.25, 0.3) is 10.8 Å². The number of carbonyl (C=O) groups excluding carboxylic acids is 1. The van der Waals surface area contributed by atoms with E-state index in [4.69, 9.17) is 27.9 Å². The summed E-state index contributed by atoms with van der Waals surface area (Å²) in [5.41, 5.74) is 0.168. The second-order valence-corrected chi connectivity index (χ2v) is 10.0. The highest BCUT2D eigenvalue weighted by atomic mass is 35.5. The van der Waals surface area contributed by atoms with Gasteiger partial charge >= 0.3 is 0 Å². The second-order valence-electron chi connectivity index (χ2n) is 7.86. The van der Waals surface area contributed by atoms with Crippen LogP contribution < -0.4 is 10.1 Å². The first-order valence-corrected chi connectivity index (χ1v) is 12.8. The number of phenols is 1. The minimum atomic E-state index is -4.74. The third-order valence-electron chi connectivity index (χ3n) is 5.45. The molecule has 0 unspecified atom stereocenters. The Balaban J connectivity index is 1.86. The van der Waals surface area contributed by atoms with Crippen molar-refractivity contribution in [2.24, 2.45) is 10.2 Å². The van der Waals surface area contributed by atoms with Crippen molar-refractivity contribution in [1.82, 2.24) is 0 Å². The predicted molar refractivity (Wildman–Crippen MR) is 142 cm³/mol. The molecule has 0 radical (unpaired) electrons. The number of anilines is 1. The summed E-state index contributed by atoms with van der Waals surface area (Å²) < 4.78 is 38.8. The zero-order valence-electron chi connectivity index (χ0n) is 19.4. The van der Waals surface area contributed by atoms with E-state index in [0.29, 0.717) is 22.1 Å². The monoisotopic (exact) mass is 559 g/mol. The molecule has 0 aliphatic carbocycles. The van der Waals surface area contributed by atoms with Crippen molar-refractivity contribution in [2.75, 3.05) is 12.4 Å². The number of ether oxygens (including phenoxy) is 1. The number of nitrogens with zero attached hydrogens (tertiary/aromatic N) is 2. The summed E-state index contributed by atoms with van der Waals surface area (Å²) >= 11 is 12.2. The molecule has 4 aromatic rings. The molecule has 4 rings (SSSR count). The van der Waals surface area contributed by atoms with Gasteiger partial charge in [0.05, 0.1) is 28.4 Å². The Kier molecular flexibility index (Phi) is 7.37. The Hall–Kier alpha value is -3.70. The maximum atomic E-state index is 13.2. The second kappa shape index (κ2) is 10.3. The minimum absolute atomic E-state index is 0.0966. The number of aryl methyl sites for hydroxylation is 1. The van der Waals surface area contributed by atoms with Crippen LogP contribution in [0, 0.1) is 6.92 Å². The molecule has 12 heteroatoms. The fraction of sp³-hybridized carbons (Fsp3) is 0.0800. The van der Waals surface area contributed by atoms with Crippen LogP contribution in [0.1, 0.15) is 15.9 Å². The first-order chi connectivity index (χ1) is 17.5. The lowest BCUT2D eigenvalue weighted by Gasteiger charge is -2.13. The van der Waals surface area contributed by atoms with Crippen LogP contribution in [0.3, 0.4) is 0 Å². The Labute approximate surface area is 222 Å². The predicted octanol–water partition coefficient (Wildman–Crippen LogP) is 7.08.